The zero-order valence-corrected chi connectivity index (χ0v) is 15.0. The number of fused-ring (bicyclic) bond motifs is 3. The van der Waals surface area contributed by atoms with Crippen molar-refractivity contribution in [2.24, 2.45) is 0 Å². The first-order valence-corrected chi connectivity index (χ1v) is 8.79. The molecule has 28 heavy (non-hydrogen) atoms. The molecule has 6 heteroatoms. The Balaban J connectivity index is 1.91. The van der Waals surface area contributed by atoms with Crippen molar-refractivity contribution in [2.75, 3.05) is 7.11 Å². The van der Waals surface area contributed by atoms with Crippen LogP contribution < -0.4 is 4.74 Å². The van der Waals surface area contributed by atoms with Gasteiger partial charge < -0.3 is 4.74 Å². The molecule has 0 atom stereocenters. The van der Waals surface area contributed by atoms with Crippen molar-refractivity contribution >= 4 is 16.7 Å². The molecule has 0 spiro atoms. The number of hydrogen-bond donors (Lipinski definition) is 0. The van der Waals surface area contributed by atoms with E-state index < -0.39 is 0 Å². The van der Waals surface area contributed by atoms with Gasteiger partial charge in [0.2, 0.25) is 0 Å². The highest BCUT2D eigenvalue weighted by Crippen LogP contribution is 2.31. The van der Waals surface area contributed by atoms with Crippen molar-refractivity contribution in [2.45, 2.75) is 0 Å². The molecule has 0 amide bonds. The summed E-state index contributed by atoms with van der Waals surface area (Å²) in [7, 11) is 1.61. The Hall–Kier alpha value is -3.80. The number of halogens is 1. The Morgan fingerprint density at radius 2 is 1.68 bits per heavy atom. The molecule has 136 valence electrons. The summed E-state index contributed by atoms with van der Waals surface area (Å²) < 4.78 is 21.1. The van der Waals surface area contributed by atoms with Crippen molar-refractivity contribution in [1.82, 2.24) is 19.6 Å². The monoisotopic (exact) mass is 370 g/mol. The molecule has 3 aromatic carbocycles. The zero-order chi connectivity index (χ0) is 19.1. The maximum Gasteiger partial charge on any atom is 0.188 e. The summed E-state index contributed by atoms with van der Waals surface area (Å²) >= 11 is 0. The zero-order valence-electron chi connectivity index (χ0n) is 15.0. The van der Waals surface area contributed by atoms with Gasteiger partial charge in [0.05, 0.1) is 18.1 Å². The number of methoxy groups -OCH3 is 1. The predicted molar refractivity (Wildman–Crippen MR) is 106 cm³/mol. The molecule has 0 saturated carbocycles. The van der Waals surface area contributed by atoms with Crippen LogP contribution in [0.15, 0.2) is 72.8 Å². The molecule has 2 aromatic heterocycles. The number of hydrogen-bond acceptors (Lipinski definition) is 4. The number of nitrogens with zero attached hydrogens (tertiary/aromatic N) is 4. The second-order valence-electron chi connectivity index (χ2n) is 6.37. The first-order valence-electron chi connectivity index (χ1n) is 8.79. The van der Waals surface area contributed by atoms with Gasteiger partial charge in [-0.3, -0.25) is 4.40 Å². The van der Waals surface area contributed by atoms with Crippen LogP contribution in [0.3, 0.4) is 0 Å². The van der Waals surface area contributed by atoms with E-state index in [1.165, 1.54) is 12.1 Å². The minimum absolute atomic E-state index is 0.325. The minimum Gasteiger partial charge on any atom is -0.497 e. The second kappa shape index (κ2) is 6.42. The lowest BCUT2D eigenvalue weighted by Gasteiger charge is -2.10. The summed E-state index contributed by atoms with van der Waals surface area (Å²) in [6.07, 6.45) is 0. The Morgan fingerprint density at radius 3 is 2.46 bits per heavy atom. The summed E-state index contributed by atoms with van der Waals surface area (Å²) in [4.78, 5) is 4.82. The van der Waals surface area contributed by atoms with E-state index in [4.69, 9.17) is 9.72 Å². The van der Waals surface area contributed by atoms with Crippen molar-refractivity contribution in [3.63, 3.8) is 0 Å². The number of aromatic nitrogens is 4. The third kappa shape index (κ3) is 2.58. The molecule has 0 saturated heterocycles. The first kappa shape index (κ1) is 16.4. The second-order valence-corrected chi connectivity index (χ2v) is 6.37. The molecule has 5 aromatic rings. The van der Waals surface area contributed by atoms with Gasteiger partial charge in [-0.25, -0.2) is 9.37 Å². The molecular weight excluding hydrogens is 355 g/mol. The van der Waals surface area contributed by atoms with E-state index in [0.717, 1.165) is 16.6 Å². The minimum atomic E-state index is -0.325. The highest BCUT2D eigenvalue weighted by Gasteiger charge is 2.18. The van der Waals surface area contributed by atoms with E-state index in [1.54, 1.807) is 13.2 Å². The molecular formula is C22H15FN4O. The summed E-state index contributed by atoms with van der Waals surface area (Å²) in [6.45, 7) is 0. The quantitative estimate of drug-likeness (QED) is 0.459. The molecule has 0 unspecified atom stereocenters. The SMILES string of the molecule is COc1ccc2nc(-c3ccccc3)c3nnc(-c4cccc(F)c4)n3c2c1. The summed E-state index contributed by atoms with van der Waals surface area (Å²) in [5.41, 5.74) is 4.45. The fraction of sp³-hybridized carbons (Fsp3) is 0.0455. The lowest BCUT2D eigenvalue weighted by Crippen LogP contribution is -1.98. The highest BCUT2D eigenvalue weighted by molar-refractivity contribution is 5.88. The Morgan fingerprint density at radius 1 is 0.857 bits per heavy atom. The van der Waals surface area contributed by atoms with Crippen LogP contribution in [0.5, 0.6) is 5.75 Å². The average Bonchev–Trinajstić information content (AvgIpc) is 3.19. The van der Waals surface area contributed by atoms with Gasteiger partial charge in [-0.15, -0.1) is 10.2 Å². The Labute approximate surface area is 160 Å². The standard InChI is InChI=1S/C22H15FN4O/c1-28-17-10-11-18-19(13-17)27-21(15-8-5-9-16(23)12-15)25-26-22(27)20(24-18)14-6-3-2-4-7-14/h2-13H,1H3. The number of rotatable bonds is 3. The summed E-state index contributed by atoms with van der Waals surface area (Å²) in [5.74, 6) is 0.919. The summed E-state index contributed by atoms with van der Waals surface area (Å²) in [6, 6.07) is 21.8. The van der Waals surface area contributed by atoms with E-state index >= 15 is 0 Å². The molecule has 0 N–H and O–H groups in total. The van der Waals surface area contributed by atoms with Gasteiger partial charge in [-0.2, -0.15) is 0 Å². The third-order valence-electron chi connectivity index (χ3n) is 4.66. The fourth-order valence-electron chi connectivity index (χ4n) is 3.34. The Bertz CT molecular complexity index is 1310. The van der Waals surface area contributed by atoms with Crippen LogP contribution >= 0.6 is 0 Å². The predicted octanol–water partition coefficient (Wildman–Crippen LogP) is 4.76. The van der Waals surface area contributed by atoms with Crippen molar-refractivity contribution in [3.05, 3.63) is 78.6 Å². The molecule has 2 heterocycles. The van der Waals surface area contributed by atoms with Crippen molar-refractivity contribution in [1.29, 1.82) is 0 Å². The fourth-order valence-corrected chi connectivity index (χ4v) is 3.34. The average molecular weight is 370 g/mol. The topological polar surface area (TPSA) is 52.3 Å². The maximum atomic E-state index is 13.8. The van der Waals surface area contributed by atoms with Gasteiger partial charge in [-0.1, -0.05) is 42.5 Å². The Kier molecular flexibility index (Phi) is 3.76. The lowest BCUT2D eigenvalue weighted by molar-refractivity contribution is 0.415. The van der Waals surface area contributed by atoms with Gasteiger partial charge >= 0.3 is 0 Å². The molecule has 0 aliphatic carbocycles. The lowest BCUT2D eigenvalue weighted by atomic mass is 10.1. The molecule has 0 aliphatic rings. The van der Waals surface area contributed by atoms with Crippen LogP contribution in [0, 0.1) is 5.82 Å². The van der Waals surface area contributed by atoms with E-state index in [0.29, 0.717) is 28.5 Å². The van der Waals surface area contributed by atoms with E-state index in [-0.39, 0.29) is 5.82 Å². The number of ether oxygens (including phenoxy) is 1. The van der Waals surface area contributed by atoms with Gasteiger partial charge in [0.15, 0.2) is 11.5 Å². The maximum absolute atomic E-state index is 13.8. The van der Waals surface area contributed by atoms with Gasteiger partial charge in [0.1, 0.15) is 17.3 Å². The van der Waals surface area contributed by atoms with E-state index in [2.05, 4.69) is 10.2 Å². The van der Waals surface area contributed by atoms with Crippen LogP contribution in [0.25, 0.3) is 39.3 Å². The molecule has 0 bridgehead atoms. The third-order valence-corrected chi connectivity index (χ3v) is 4.66. The van der Waals surface area contributed by atoms with Crippen LogP contribution in [-0.2, 0) is 0 Å². The van der Waals surface area contributed by atoms with Crippen molar-refractivity contribution < 1.29 is 9.13 Å². The highest BCUT2D eigenvalue weighted by atomic mass is 19.1. The molecule has 0 radical (unpaired) electrons. The normalized spacial score (nSPS) is 11.2. The van der Waals surface area contributed by atoms with Gasteiger partial charge in [0.25, 0.3) is 0 Å². The largest absolute Gasteiger partial charge is 0.497 e. The van der Waals surface area contributed by atoms with E-state index in [9.17, 15) is 4.39 Å². The van der Waals surface area contributed by atoms with Crippen LogP contribution in [-0.4, -0.2) is 26.7 Å². The first-order chi connectivity index (χ1) is 13.7. The molecule has 0 aliphatic heterocycles. The van der Waals surface area contributed by atoms with Crippen LogP contribution in [0.2, 0.25) is 0 Å². The van der Waals surface area contributed by atoms with Crippen LogP contribution in [0.1, 0.15) is 0 Å². The molecule has 0 fully saturated rings. The smallest absolute Gasteiger partial charge is 0.188 e. The van der Waals surface area contributed by atoms with E-state index in [1.807, 2.05) is 59.0 Å². The molecule has 5 nitrogen and oxygen atoms in total. The van der Waals surface area contributed by atoms with Crippen LogP contribution in [0.4, 0.5) is 4.39 Å². The van der Waals surface area contributed by atoms with Crippen molar-refractivity contribution in [3.8, 4) is 28.4 Å². The van der Waals surface area contributed by atoms with Gasteiger partial charge in [0, 0.05) is 17.2 Å². The van der Waals surface area contributed by atoms with Gasteiger partial charge in [-0.05, 0) is 24.3 Å². The number of benzene rings is 3. The summed E-state index contributed by atoms with van der Waals surface area (Å²) in [5, 5.41) is 8.76. The molecule has 5 rings (SSSR count).